The lowest BCUT2D eigenvalue weighted by atomic mass is 10.2. The predicted octanol–water partition coefficient (Wildman–Crippen LogP) is -0.762. The van der Waals surface area contributed by atoms with Gasteiger partial charge in [0, 0.05) is 12.2 Å². The monoisotopic (exact) mass is 260 g/mol. The van der Waals surface area contributed by atoms with Crippen molar-refractivity contribution in [2.45, 2.75) is 4.90 Å². The molecular weight excluding hydrogens is 248 g/mol. The molecule has 0 heterocycles. The molecule has 1 aromatic rings. The molecule has 0 aromatic heterocycles. The lowest BCUT2D eigenvalue weighted by Crippen LogP contribution is -2.28. The van der Waals surface area contributed by atoms with Crippen LogP contribution in [0.25, 0.3) is 0 Å². The van der Waals surface area contributed by atoms with Gasteiger partial charge in [0.05, 0.1) is 17.1 Å². The minimum Gasteiger partial charge on any atom is -0.478 e. The number of aromatic carboxylic acids is 1. The van der Waals surface area contributed by atoms with E-state index < -0.39 is 20.9 Å². The van der Waals surface area contributed by atoms with Crippen LogP contribution in [-0.2, 0) is 10.0 Å². The molecule has 0 unspecified atom stereocenters. The molecule has 1 rings (SSSR count). The first-order valence-corrected chi connectivity index (χ1v) is 6.10. The highest BCUT2D eigenvalue weighted by molar-refractivity contribution is 7.89. The summed E-state index contributed by atoms with van der Waals surface area (Å²) in [6, 6.07) is 3.48. The quantitative estimate of drug-likeness (QED) is 0.515. The third-order valence-corrected chi connectivity index (χ3v) is 3.43. The summed E-state index contributed by atoms with van der Waals surface area (Å²) < 4.78 is 25.5. The molecule has 8 heteroatoms. The Bertz CT molecular complexity index is 526. The number of sulfonamides is 1. The van der Waals surface area contributed by atoms with Crippen LogP contribution in [0.2, 0.25) is 0 Å². The van der Waals surface area contributed by atoms with Crippen LogP contribution in [0.5, 0.6) is 0 Å². The van der Waals surface area contributed by atoms with Gasteiger partial charge in [-0.25, -0.2) is 17.9 Å². The van der Waals surface area contributed by atoms with Gasteiger partial charge in [-0.2, -0.15) is 0 Å². The van der Waals surface area contributed by atoms with Crippen molar-refractivity contribution in [3.8, 4) is 0 Å². The summed E-state index contributed by atoms with van der Waals surface area (Å²) in [6.45, 7) is -0.583. The number of aliphatic hydroxyl groups excluding tert-OH is 1. The molecule has 0 aliphatic rings. The predicted molar refractivity (Wildman–Crippen MR) is 60.1 cm³/mol. The SMILES string of the molecule is Nc1ccc(C(=O)O)c(S(=O)(=O)NCCO)c1. The Morgan fingerprint density at radius 1 is 1.41 bits per heavy atom. The molecule has 0 aliphatic heterocycles. The molecule has 0 fully saturated rings. The highest BCUT2D eigenvalue weighted by Gasteiger charge is 2.21. The van der Waals surface area contributed by atoms with E-state index in [1.54, 1.807) is 0 Å². The normalized spacial score (nSPS) is 11.4. The Balaban J connectivity index is 3.28. The molecule has 17 heavy (non-hydrogen) atoms. The van der Waals surface area contributed by atoms with E-state index in [1.165, 1.54) is 6.07 Å². The number of nitrogens with one attached hydrogen (secondary N) is 1. The summed E-state index contributed by atoms with van der Waals surface area (Å²) in [7, 11) is -3.99. The second-order valence-electron chi connectivity index (χ2n) is 3.18. The Morgan fingerprint density at radius 3 is 2.59 bits per heavy atom. The molecule has 0 atom stereocenters. The summed E-state index contributed by atoms with van der Waals surface area (Å²) in [5.41, 5.74) is 5.19. The molecule has 0 radical (unpaired) electrons. The Labute approximate surface area is 97.9 Å². The number of carbonyl (C=O) groups is 1. The molecular formula is C9H12N2O5S. The molecule has 0 bridgehead atoms. The Hall–Kier alpha value is -1.64. The average Bonchev–Trinajstić information content (AvgIpc) is 2.26. The molecule has 7 nitrogen and oxygen atoms in total. The summed E-state index contributed by atoms with van der Waals surface area (Å²) in [4.78, 5) is 10.5. The van der Waals surface area contributed by atoms with Crippen molar-refractivity contribution in [3.63, 3.8) is 0 Å². The summed E-state index contributed by atoms with van der Waals surface area (Å²) >= 11 is 0. The summed E-state index contributed by atoms with van der Waals surface area (Å²) in [5.74, 6) is -1.37. The van der Waals surface area contributed by atoms with Gasteiger partial charge in [-0.15, -0.1) is 0 Å². The molecule has 1 aromatic carbocycles. The van der Waals surface area contributed by atoms with Crippen molar-refractivity contribution in [3.05, 3.63) is 23.8 Å². The van der Waals surface area contributed by atoms with E-state index in [0.29, 0.717) is 0 Å². The number of nitrogen functional groups attached to an aromatic ring is 1. The largest absolute Gasteiger partial charge is 0.478 e. The lowest BCUT2D eigenvalue weighted by Gasteiger charge is -2.09. The Kier molecular flexibility index (Phi) is 4.05. The zero-order valence-electron chi connectivity index (χ0n) is 8.75. The number of nitrogens with two attached hydrogens (primary N) is 1. The van der Waals surface area contributed by atoms with Crippen molar-refractivity contribution in [1.82, 2.24) is 4.72 Å². The fourth-order valence-corrected chi connectivity index (χ4v) is 2.45. The molecule has 94 valence electrons. The third kappa shape index (κ3) is 3.16. The van der Waals surface area contributed by atoms with Crippen molar-refractivity contribution >= 4 is 21.7 Å². The second kappa shape index (κ2) is 5.13. The minimum absolute atomic E-state index is 0.138. The zero-order valence-corrected chi connectivity index (χ0v) is 9.57. The number of carboxylic acid groups (broad SMARTS) is 1. The van der Waals surface area contributed by atoms with Gasteiger partial charge in [0.25, 0.3) is 0 Å². The van der Waals surface area contributed by atoms with E-state index in [9.17, 15) is 13.2 Å². The zero-order chi connectivity index (χ0) is 13.1. The Morgan fingerprint density at radius 2 is 2.06 bits per heavy atom. The van der Waals surface area contributed by atoms with Crippen molar-refractivity contribution in [1.29, 1.82) is 0 Å². The maximum atomic E-state index is 11.7. The highest BCUT2D eigenvalue weighted by atomic mass is 32.2. The van der Waals surface area contributed by atoms with Crippen molar-refractivity contribution < 1.29 is 23.4 Å². The second-order valence-corrected chi connectivity index (χ2v) is 4.92. The van der Waals surface area contributed by atoms with Crippen LogP contribution in [0.3, 0.4) is 0 Å². The van der Waals surface area contributed by atoms with E-state index in [1.807, 2.05) is 0 Å². The van der Waals surface area contributed by atoms with Gasteiger partial charge in [-0.05, 0) is 18.2 Å². The minimum atomic E-state index is -3.99. The van der Waals surface area contributed by atoms with Gasteiger partial charge in [0.15, 0.2) is 0 Å². The number of benzene rings is 1. The first kappa shape index (κ1) is 13.4. The van der Waals surface area contributed by atoms with Gasteiger partial charge in [-0.3, -0.25) is 0 Å². The number of hydrogen-bond donors (Lipinski definition) is 4. The molecule has 0 aliphatic carbocycles. The van der Waals surface area contributed by atoms with Crippen LogP contribution in [0.4, 0.5) is 5.69 Å². The molecule has 5 N–H and O–H groups in total. The average molecular weight is 260 g/mol. The standard InChI is InChI=1S/C9H12N2O5S/c10-6-1-2-7(9(13)14)8(5-6)17(15,16)11-3-4-12/h1-2,5,11-12H,3-4,10H2,(H,13,14). The summed E-state index contributed by atoms with van der Waals surface area (Å²) in [6.07, 6.45) is 0. The molecule has 0 spiro atoms. The third-order valence-electron chi connectivity index (χ3n) is 1.93. The maximum Gasteiger partial charge on any atom is 0.337 e. The molecule has 0 amide bonds. The van der Waals surface area contributed by atoms with Crippen LogP contribution in [0.1, 0.15) is 10.4 Å². The fourth-order valence-electron chi connectivity index (χ4n) is 1.20. The number of carboxylic acids is 1. The lowest BCUT2D eigenvalue weighted by molar-refractivity contribution is 0.0692. The van der Waals surface area contributed by atoms with Gasteiger partial charge in [0.1, 0.15) is 0 Å². The molecule has 0 saturated carbocycles. The maximum absolute atomic E-state index is 11.7. The first-order valence-electron chi connectivity index (χ1n) is 4.62. The topological polar surface area (TPSA) is 130 Å². The van der Waals surface area contributed by atoms with Crippen LogP contribution >= 0.6 is 0 Å². The van der Waals surface area contributed by atoms with Crippen LogP contribution in [0.15, 0.2) is 23.1 Å². The van der Waals surface area contributed by atoms with E-state index in [0.717, 1.165) is 12.1 Å². The number of anilines is 1. The van der Waals surface area contributed by atoms with Gasteiger partial charge >= 0.3 is 5.97 Å². The van der Waals surface area contributed by atoms with Crippen LogP contribution in [-0.4, -0.2) is 37.8 Å². The number of hydrogen-bond acceptors (Lipinski definition) is 5. The van der Waals surface area contributed by atoms with Gasteiger partial charge in [-0.1, -0.05) is 0 Å². The first-order chi connectivity index (χ1) is 7.88. The smallest absolute Gasteiger partial charge is 0.337 e. The number of aliphatic hydroxyl groups is 1. The number of rotatable bonds is 5. The fraction of sp³-hybridized carbons (Fsp3) is 0.222. The van der Waals surface area contributed by atoms with Gasteiger partial charge in [0.2, 0.25) is 10.0 Å². The van der Waals surface area contributed by atoms with E-state index in [4.69, 9.17) is 15.9 Å². The highest BCUT2D eigenvalue weighted by Crippen LogP contribution is 2.18. The van der Waals surface area contributed by atoms with Gasteiger partial charge < -0.3 is 15.9 Å². The van der Waals surface area contributed by atoms with Crippen LogP contribution in [0, 0.1) is 0 Å². The van der Waals surface area contributed by atoms with Crippen LogP contribution < -0.4 is 10.5 Å². The van der Waals surface area contributed by atoms with Crippen molar-refractivity contribution in [2.24, 2.45) is 0 Å². The summed E-state index contributed by atoms with van der Waals surface area (Å²) in [5, 5.41) is 17.4. The van der Waals surface area contributed by atoms with E-state index in [2.05, 4.69) is 4.72 Å². The van der Waals surface area contributed by atoms with E-state index >= 15 is 0 Å². The molecule has 0 saturated heterocycles. The van der Waals surface area contributed by atoms with Crippen molar-refractivity contribution in [2.75, 3.05) is 18.9 Å². The van der Waals surface area contributed by atoms with E-state index in [-0.39, 0.29) is 24.4 Å².